The lowest BCUT2D eigenvalue weighted by atomic mass is 10.1. The monoisotopic (exact) mass is 471 g/mol. The van der Waals surface area contributed by atoms with Gasteiger partial charge in [-0.1, -0.05) is 48.0 Å². The summed E-state index contributed by atoms with van der Waals surface area (Å²) >= 11 is 6.15. The summed E-state index contributed by atoms with van der Waals surface area (Å²) in [6, 6.07) is 19.3. The molecule has 0 aliphatic heterocycles. The molecule has 3 heterocycles. The number of hydrogen-bond acceptors (Lipinski definition) is 5. The fourth-order valence-electron chi connectivity index (χ4n) is 3.85. The van der Waals surface area contributed by atoms with Crippen LogP contribution in [0.5, 0.6) is 0 Å². The molecule has 34 heavy (non-hydrogen) atoms. The minimum absolute atomic E-state index is 0.0722. The number of hydrogen-bond donors (Lipinski definition) is 1. The lowest BCUT2D eigenvalue weighted by Crippen LogP contribution is -2.15. The second-order valence-electron chi connectivity index (χ2n) is 7.94. The van der Waals surface area contributed by atoms with Crippen LogP contribution >= 0.6 is 11.6 Å². The van der Waals surface area contributed by atoms with Crippen LogP contribution in [0.4, 0.5) is 5.82 Å². The third-order valence-corrected chi connectivity index (χ3v) is 5.64. The number of nitrogens with one attached hydrogen (secondary N) is 1. The van der Waals surface area contributed by atoms with Gasteiger partial charge in [0.1, 0.15) is 12.1 Å². The highest BCUT2D eigenvalue weighted by molar-refractivity contribution is 6.30. The van der Waals surface area contributed by atoms with Crippen LogP contribution in [0.25, 0.3) is 22.5 Å². The lowest BCUT2D eigenvalue weighted by Gasteiger charge is -2.09. The van der Waals surface area contributed by atoms with Gasteiger partial charge in [0.2, 0.25) is 5.91 Å². The topological polar surface area (TPSA) is 90.5 Å². The minimum atomic E-state index is -0.0722. The number of anilines is 1. The van der Waals surface area contributed by atoms with E-state index in [1.165, 1.54) is 11.9 Å². The summed E-state index contributed by atoms with van der Waals surface area (Å²) in [6.45, 7) is 1.87. The first kappa shape index (κ1) is 21.8. The molecule has 3 aromatic heterocycles. The van der Waals surface area contributed by atoms with Gasteiger partial charge in [0.05, 0.1) is 23.0 Å². The molecule has 1 amide bonds. The van der Waals surface area contributed by atoms with Crippen molar-refractivity contribution in [3.05, 3.63) is 89.5 Å². The van der Waals surface area contributed by atoms with Gasteiger partial charge >= 0.3 is 0 Å². The Morgan fingerprint density at radius 2 is 1.88 bits per heavy atom. The molecule has 0 radical (unpaired) electrons. The largest absolute Gasteiger partial charge is 0.311 e. The molecule has 0 saturated carbocycles. The molecule has 2 aromatic carbocycles. The Morgan fingerprint density at radius 3 is 2.71 bits per heavy atom. The molecule has 0 spiro atoms. The first-order chi connectivity index (χ1) is 16.6. The second kappa shape index (κ2) is 9.44. The molecule has 1 N–H and O–H groups in total. The second-order valence-corrected chi connectivity index (χ2v) is 8.38. The molecular formula is C25H22ClN7O. The van der Waals surface area contributed by atoms with Crippen LogP contribution in [0.2, 0.25) is 5.02 Å². The average Bonchev–Trinajstić information content (AvgIpc) is 3.43. The van der Waals surface area contributed by atoms with Gasteiger partial charge in [-0.3, -0.25) is 4.79 Å². The highest BCUT2D eigenvalue weighted by Gasteiger charge is 2.17. The molecule has 5 rings (SSSR count). The first-order valence-corrected chi connectivity index (χ1v) is 11.3. The number of fused-ring (bicyclic) bond motifs is 1. The highest BCUT2D eigenvalue weighted by atomic mass is 35.5. The normalized spacial score (nSPS) is 11.1. The van der Waals surface area contributed by atoms with Gasteiger partial charge in [-0.25, -0.2) is 14.6 Å². The van der Waals surface area contributed by atoms with E-state index in [0.717, 1.165) is 24.2 Å². The standard InChI is InChI=1S/C25H22ClN7O/c1-17-13-22(30-23(34)12-5-9-18-7-3-2-4-8-18)33(31-17)25-21-15-29-32(24(21)27-16-28-25)20-11-6-10-19(26)14-20/h2-4,6-8,10-11,13-16H,5,9,12H2,1H3,(H,30,34). The number of benzene rings is 2. The Morgan fingerprint density at radius 1 is 1.03 bits per heavy atom. The first-order valence-electron chi connectivity index (χ1n) is 10.9. The van der Waals surface area contributed by atoms with Crippen LogP contribution in [0.1, 0.15) is 24.1 Å². The molecule has 0 unspecified atom stereocenters. The predicted molar refractivity (Wildman–Crippen MR) is 132 cm³/mol. The Balaban J connectivity index is 1.39. The molecule has 0 bridgehead atoms. The van der Waals surface area contributed by atoms with Crippen LogP contribution in [0.3, 0.4) is 0 Å². The quantitative estimate of drug-likeness (QED) is 0.363. The lowest BCUT2D eigenvalue weighted by molar-refractivity contribution is -0.116. The number of rotatable bonds is 7. The van der Waals surface area contributed by atoms with Gasteiger partial charge in [-0.2, -0.15) is 14.9 Å². The van der Waals surface area contributed by atoms with Crippen LogP contribution in [-0.2, 0) is 11.2 Å². The Kier molecular flexibility index (Phi) is 6.05. The number of amides is 1. The fourth-order valence-corrected chi connectivity index (χ4v) is 4.03. The maximum Gasteiger partial charge on any atom is 0.225 e. The number of carbonyl (C=O) groups is 1. The number of aromatic nitrogens is 6. The van der Waals surface area contributed by atoms with E-state index in [0.29, 0.717) is 34.1 Å². The Labute approximate surface area is 201 Å². The number of halogens is 1. The maximum atomic E-state index is 12.7. The summed E-state index contributed by atoms with van der Waals surface area (Å²) in [5.74, 6) is 1.01. The van der Waals surface area contributed by atoms with E-state index in [4.69, 9.17) is 11.6 Å². The zero-order chi connectivity index (χ0) is 23.5. The van der Waals surface area contributed by atoms with Crippen LogP contribution < -0.4 is 5.32 Å². The third-order valence-electron chi connectivity index (χ3n) is 5.41. The average molecular weight is 472 g/mol. The van der Waals surface area contributed by atoms with Crippen molar-refractivity contribution in [1.29, 1.82) is 0 Å². The highest BCUT2D eigenvalue weighted by Crippen LogP contribution is 2.25. The van der Waals surface area contributed by atoms with Gasteiger partial charge < -0.3 is 5.32 Å². The van der Waals surface area contributed by atoms with E-state index < -0.39 is 0 Å². The summed E-state index contributed by atoms with van der Waals surface area (Å²) in [6.07, 6.45) is 5.16. The van der Waals surface area contributed by atoms with E-state index in [9.17, 15) is 4.79 Å². The van der Waals surface area contributed by atoms with E-state index in [1.807, 2.05) is 49.4 Å². The Bertz CT molecular complexity index is 1460. The number of carbonyl (C=O) groups excluding carboxylic acids is 1. The number of nitrogens with zero attached hydrogens (tertiary/aromatic N) is 6. The summed E-state index contributed by atoms with van der Waals surface area (Å²) < 4.78 is 3.32. The molecule has 0 aliphatic carbocycles. The molecule has 9 heteroatoms. The van der Waals surface area contributed by atoms with Gasteiger partial charge in [0, 0.05) is 17.5 Å². The van der Waals surface area contributed by atoms with E-state index >= 15 is 0 Å². The summed E-state index contributed by atoms with van der Waals surface area (Å²) in [5.41, 5.74) is 3.38. The SMILES string of the molecule is Cc1cc(NC(=O)CCCc2ccccc2)n(-c2ncnc3c2cnn3-c2cccc(Cl)c2)n1. The molecule has 0 fully saturated rings. The van der Waals surface area contributed by atoms with Gasteiger partial charge in [-0.15, -0.1) is 0 Å². The third kappa shape index (κ3) is 4.53. The van der Waals surface area contributed by atoms with Crippen molar-refractivity contribution < 1.29 is 4.79 Å². The minimum Gasteiger partial charge on any atom is -0.311 e. The van der Waals surface area contributed by atoms with Crippen molar-refractivity contribution in [1.82, 2.24) is 29.5 Å². The van der Waals surface area contributed by atoms with Crippen LogP contribution in [-0.4, -0.2) is 35.4 Å². The zero-order valence-electron chi connectivity index (χ0n) is 18.5. The molecule has 0 atom stereocenters. The van der Waals surface area contributed by atoms with Crippen molar-refractivity contribution in [2.45, 2.75) is 26.2 Å². The summed E-state index contributed by atoms with van der Waals surface area (Å²) in [7, 11) is 0. The molecule has 0 saturated heterocycles. The zero-order valence-corrected chi connectivity index (χ0v) is 19.3. The van der Waals surface area contributed by atoms with Gasteiger partial charge in [-0.05, 0) is 43.5 Å². The summed E-state index contributed by atoms with van der Waals surface area (Å²) in [4.78, 5) is 21.5. The molecule has 0 aliphatic rings. The van der Waals surface area contributed by atoms with Crippen molar-refractivity contribution in [3.8, 4) is 11.5 Å². The van der Waals surface area contributed by atoms with Gasteiger partial charge in [0.25, 0.3) is 0 Å². The van der Waals surface area contributed by atoms with Crippen molar-refractivity contribution in [2.24, 2.45) is 0 Å². The van der Waals surface area contributed by atoms with E-state index in [-0.39, 0.29) is 5.91 Å². The maximum absolute atomic E-state index is 12.7. The Hall–Kier alpha value is -4.04. The van der Waals surface area contributed by atoms with Crippen LogP contribution in [0.15, 0.2) is 73.2 Å². The number of aryl methyl sites for hydroxylation is 2. The molecule has 5 aromatic rings. The summed E-state index contributed by atoms with van der Waals surface area (Å²) in [5, 5.41) is 13.3. The van der Waals surface area contributed by atoms with Crippen molar-refractivity contribution in [3.63, 3.8) is 0 Å². The van der Waals surface area contributed by atoms with Crippen molar-refractivity contribution in [2.75, 3.05) is 5.32 Å². The molecular weight excluding hydrogens is 450 g/mol. The van der Waals surface area contributed by atoms with Crippen molar-refractivity contribution >= 4 is 34.4 Å². The van der Waals surface area contributed by atoms with Crippen LogP contribution in [0, 0.1) is 6.92 Å². The fraction of sp³-hybridized carbons (Fsp3) is 0.160. The molecule has 8 nitrogen and oxygen atoms in total. The van der Waals surface area contributed by atoms with E-state index in [2.05, 4.69) is 37.6 Å². The molecule has 170 valence electrons. The predicted octanol–water partition coefficient (Wildman–Crippen LogP) is 4.92. The van der Waals surface area contributed by atoms with Gasteiger partial charge in [0.15, 0.2) is 11.5 Å². The van der Waals surface area contributed by atoms with E-state index in [1.54, 1.807) is 21.6 Å². The smallest absolute Gasteiger partial charge is 0.225 e.